The molecule has 3 amide bonds. The Hall–Kier alpha value is -3.67. The van der Waals surface area contributed by atoms with E-state index in [0.29, 0.717) is 18.6 Å². The van der Waals surface area contributed by atoms with Crippen LogP contribution in [0.5, 0.6) is 11.5 Å². The predicted molar refractivity (Wildman–Crippen MR) is 138 cm³/mol. The third-order valence-electron chi connectivity index (χ3n) is 6.17. The van der Waals surface area contributed by atoms with Crippen molar-refractivity contribution in [2.24, 2.45) is 0 Å². The lowest BCUT2D eigenvalue weighted by Gasteiger charge is -2.42. The molecule has 0 saturated carbocycles. The van der Waals surface area contributed by atoms with E-state index in [1.54, 1.807) is 25.1 Å². The molecule has 0 radical (unpaired) electrons. The van der Waals surface area contributed by atoms with Gasteiger partial charge in [0.15, 0.2) is 0 Å². The molecule has 1 saturated heterocycles. The molecule has 1 aliphatic heterocycles. The van der Waals surface area contributed by atoms with Gasteiger partial charge in [0.2, 0.25) is 11.8 Å². The van der Waals surface area contributed by atoms with Crippen molar-refractivity contribution in [3.05, 3.63) is 59.7 Å². The van der Waals surface area contributed by atoms with Crippen LogP contribution in [0.15, 0.2) is 48.5 Å². The maximum absolute atomic E-state index is 12.7. The fourth-order valence-electron chi connectivity index (χ4n) is 4.28. The van der Waals surface area contributed by atoms with Gasteiger partial charge in [0.25, 0.3) is 5.91 Å². The van der Waals surface area contributed by atoms with Crippen LogP contribution in [0.1, 0.15) is 35.7 Å². The molecular formula is C27H35N3O8. The molecule has 4 atom stereocenters. The zero-order chi connectivity index (χ0) is 27.5. The van der Waals surface area contributed by atoms with Crippen molar-refractivity contribution in [2.45, 2.75) is 50.5 Å². The van der Waals surface area contributed by atoms with E-state index in [4.69, 9.17) is 9.47 Å². The van der Waals surface area contributed by atoms with Crippen LogP contribution in [-0.4, -0.2) is 83.7 Å². The van der Waals surface area contributed by atoms with E-state index >= 15 is 0 Å². The second-order valence-corrected chi connectivity index (χ2v) is 8.96. The van der Waals surface area contributed by atoms with Crippen LogP contribution in [-0.2, 0) is 25.5 Å². The SMILES string of the molecule is CCO[C@@H]1C(NC(=O)CCNC(=O)c2ccc(O)cc2)COC(CO)[C@@H]1NC(=O)CCc1cccc(O)c1. The number of aliphatic hydroxyl groups excluding tert-OH is 1. The van der Waals surface area contributed by atoms with Crippen LogP contribution in [0.4, 0.5) is 0 Å². The number of carbonyl (C=O) groups is 3. The van der Waals surface area contributed by atoms with Crippen molar-refractivity contribution in [3.63, 3.8) is 0 Å². The first-order chi connectivity index (χ1) is 18.3. The minimum Gasteiger partial charge on any atom is -0.508 e. The number of aryl methyl sites for hydroxylation is 1. The quantitative estimate of drug-likeness (QED) is 0.233. The number of phenols is 2. The van der Waals surface area contributed by atoms with Gasteiger partial charge in [-0.15, -0.1) is 0 Å². The Morgan fingerprint density at radius 3 is 2.42 bits per heavy atom. The molecule has 2 aromatic carbocycles. The van der Waals surface area contributed by atoms with Crippen LogP contribution in [0.2, 0.25) is 0 Å². The third kappa shape index (κ3) is 8.44. The number of rotatable bonds is 12. The lowest BCUT2D eigenvalue weighted by molar-refractivity contribution is -0.146. The van der Waals surface area contributed by atoms with Gasteiger partial charge in [-0.3, -0.25) is 14.4 Å². The topological polar surface area (TPSA) is 166 Å². The number of phenolic OH excluding ortho intramolecular Hbond substituents is 2. The molecule has 1 fully saturated rings. The molecule has 1 aliphatic rings. The third-order valence-corrected chi connectivity index (χ3v) is 6.17. The summed E-state index contributed by atoms with van der Waals surface area (Å²) in [6, 6.07) is 11.1. The van der Waals surface area contributed by atoms with Gasteiger partial charge < -0.3 is 40.7 Å². The molecule has 0 aromatic heterocycles. The van der Waals surface area contributed by atoms with Crippen molar-refractivity contribution in [3.8, 4) is 11.5 Å². The van der Waals surface area contributed by atoms with E-state index in [1.807, 2.05) is 6.07 Å². The molecule has 11 nitrogen and oxygen atoms in total. The van der Waals surface area contributed by atoms with Gasteiger partial charge in [-0.2, -0.15) is 0 Å². The zero-order valence-electron chi connectivity index (χ0n) is 21.3. The Morgan fingerprint density at radius 2 is 1.74 bits per heavy atom. The molecule has 2 aromatic rings. The molecule has 1 heterocycles. The smallest absolute Gasteiger partial charge is 0.251 e. The Balaban J connectivity index is 1.54. The highest BCUT2D eigenvalue weighted by molar-refractivity contribution is 5.94. The van der Waals surface area contributed by atoms with Gasteiger partial charge in [-0.05, 0) is 55.3 Å². The molecule has 2 unspecified atom stereocenters. The van der Waals surface area contributed by atoms with Crippen LogP contribution < -0.4 is 16.0 Å². The molecule has 11 heteroatoms. The van der Waals surface area contributed by atoms with Crippen molar-refractivity contribution in [2.75, 3.05) is 26.4 Å². The second-order valence-electron chi connectivity index (χ2n) is 8.96. The number of nitrogens with one attached hydrogen (secondary N) is 3. The Labute approximate surface area is 221 Å². The van der Waals surface area contributed by atoms with E-state index in [9.17, 15) is 29.7 Å². The maximum Gasteiger partial charge on any atom is 0.251 e. The number of benzene rings is 2. The maximum atomic E-state index is 12.7. The summed E-state index contributed by atoms with van der Waals surface area (Å²) in [7, 11) is 0. The molecule has 6 N–H and O–H groups in total. The average molecular weight is 530 g/mol. The molecule has 38 heavy (non-hydrogen) atoms. The Morgan fingerprint density at radius 1 is 1.00 bits per heavy atom. The summed E-state index contributed by atoms with van der Waals surface area (Å²) in [5.41, 5.74) is 1.17. The van der Waals surface area contributed by atoms with Crippen LogP contribution in [0.25, 0.3) is 0 Å². The van der Waals surface area contributed by atoms with E-state index in [2.05, 4.69) is 16.0 Å². The minimum atomic E-state index is -0.714. The standard InChI is InChI=1S/C27H35N3O8/c1-2-37-26-21(29-24(35)12-13-28-27(36)18-7-9-19(32)10-8-18)16-38-22(15-31)25(26)30-23(34)11-6-17-4-3-5-20(33)14-17/h3-5,7-10,14,21-22,25-26,31-33H,2,6,11-13,15-16H2,1H3,(H,28,36)(H,29,35)(H,30,34)/t21?,22?,25-,26+/m0/s1. The largest absolute Gasteiger partial charge is 0.508 e. The van der Waals surface area contributed by atoms with Gasteiger partial charge in [0, 0.05) is 31.6 Å². The number of aromatic hydroxyl groups is 2. The van der Waals surface area contributed by atoms with E-state index < -0.39 is 24.3 Å². The minimum absolute atomic E-state index is 0.00352. The summed E-state index contributed by atoms with van der Waals surface area (Å²) in [6.45, 7) is 1.94. The van der Waals surface area contributed by atoms with Gasteiger partial charge in [-0.25, -0.2) is 0 Å². The summed E-state index contributed by atoms with van der Waals surface area (Å²) < 4.78 is 11.6. The lowest BCUT2D eigenvalue weighted by Crippen LogP contribution is -2.66. The number of hydrogen-bond acceptors (Lipinski definition) is 8. The van der Waals surface area contributed by atoms with Crippen molar-refractivity contribution < 1.29 is 39.2 Å². The number of ether oxygens (including phenoxy) is 2. The van der Waals surface area contributed by atoms with Gasteiger partial charge >= 0.3 is 0 Å². The fraction of sp³-hybridized carbons (Fsp3) is 0.444. The van der Waals surface area contributed by atoms with Gasteiger partial charge in [0.05, 0.1) is 25.3 Å². The summed E-state index contributed by atoms with van der Waals surface area (Å²) in [6.07, 6.45) is -0.800. The predicted octanol–water partition coefficient (Wildman–Crippen LogP) is 0.616. The highest BCUT2D eigenvalue weighted by atomic mass is 16.5. The van der Waals surface area contributed by atoms with Gasteiger partial charge in [-0.1, -0.05) is 12.1 Å². The summed E-state index contributed by atoms with van der Waals surface area (Å²) in [5.74, 6) is -0.822. The molecule has 0 bridgehead atoms. The molecule has 0 spiro atoms. The number of carbonyl (C=O) groups excluding carboxylic acids is 3. The van der Waals surface area contributed by atoms with Crippen LogP contribution in [0.3, 0.4) is 0 Å². The monoisotopic (exact) mass is 529 g/mol. The van der Waals surface area contributed by atoms with Crippen molar-refractivity contribution in [1.82, 2.24) is 16.0 Å². The summed E-state index contributed by atoms with van der Waals surface area (Å²) in [5, 5.41) is 37.2. The van der Waals surface area contributed by atoms with Crippen LogP contribution in [0, 0.1) is 0 Å². The lowest BCUT2D eigenvalue weighted by atomic mass is 9.94. The average Bonchev–Trinajstić information content (AvgIpc) is 2.90. The number of aliphatic hydroxyl groups is 1. The summed E-state index contributed by atoms with van der Waals surface area (Å²) >= 11 is 0. The zero-order valence-corrected chi connectivity index (χ0v) is 21.3. The molecule has 206 valence electrons. The normalized spacial score (nSPS) is 20.9. The van der Waals surface area contributed by atoms with E-state index in [0.717, 1.165) is 5.56 Å². The van der Waals surface area contributed by atoms with Gasteiger partial charge in [0.1, 0.15) is 23.7 Å². The second kappa shape index (κ2) is 14.3. The van der Waals surface area contributed by atoms with E-state index in [1.165, 1.54) is 24.3 Å². The Bertz CT molecular complexity index is 1080. The molecular weight excluding hydrogens is 494 g/mol. The fourth-order valence-corrected chi connectivity index (χ4v) is 4.28. The van der Waals surface area contributed by atoms with E-state index in [-0.39, 0.29) is 61.8 Å². The molecule has 0 aliphatic carbocycles. The first-order valence-electron chi connectivity index (χ1n) is 12.6. The number of hydrogen-bond donors (Lipinski definition) is 6. The Kier molecular flexibility index (Phi) is 10.9. The summed E-state index contributed by atoms with van der Waals surface area (Å²) in [4.78, 5) is 37.6. The first kappa shape index (κ1) is 28.9. The number of amides is 3. The van der Waals surface area contributed by atoms with Crippen molar-refractivity contribution >= 4 is 17.7 Å². The highest BCUT2D eigenvalue weighted by Gasteiger charge is 2.42. The molecule has 3 rings (SSSR count). The first-order valence-corrected chi connectivity index (χ1v) is 12.6. The highest BCUT2D eigenvalue weighted by Crippen LogP contribution is 2.20. The van der Waals surface area contributed by atoms with Crippen LogP contribution >= 0.6 is 0 Å². The van der Waals surface area contributed by atoms with Crippen molar-refractivity contribution in [1.29, 1.82) is 0 Å².